The molecule has 0 aliphatic heterocycles. The number of rotatable bonds is 3. The Balaban J connectivity index is 3.48. The largest absolute Gasteiger partial charge is 0.393 e. The third-order valence-electron chi connectivity index (χ3n) is 0.861. The summed E-state index contributed by atoms with van der Waals surface area (Å²) in [7, 11) is 3.86. The van der Waals surface area contributed by atoms with E-state index in [9.17, 15) is 0 Å². The lowest BCUT2D eigenvalue weighted by atomic mass is 10.6. The molecule has 0 saturated heterocycles. The van der Waals surface area contributed by atoms with Gasteiger partial charge in [0.15, 0.2) is 0 Å². The highest BCUT2D eigenvalue weighted by atomic mass is 15.1. The quantitative estimate of drug-likeness (QED) is 0.610. The second-order valence-electron chi connectivity index (χ2n) is 1.75. The average molecular weight is 126 g/mol. The Morgan fingerprint density at radius 2 is 2.00 bits per heavy atom. The minimum Gasteiger partial charge on any atom is -0.393 e. The second kappa shape index (κ2) is 5.22. The van der Waals surface area contributed by atoms with E-state index >= 15 is 0 Å². The first-order valence-corrected chi connectivity index (χ1v) is 3.00. The Hall–Kier alpha value is -0.920. The minimum absolute atomic E-state index is 1.88. The smallest absolute Gasteiger partial charge is 0.0188 e. The van der Waals surface area contributed by atoms with Crippen LogP contribution in [0.25, 0.3) is 0 Å². The van der Waals surface area contributed by atoms with Crippen molar-refractivity contribution in [1.82, 2.24) is 10.2 Å². The van der Waals surface area contributed by atoms with Gasteiger partial charge in [0.25, 0.3) is 0 Å². The summed E-state index contributed by atoms with van der Waals surface area (Å²) in [6.45, 7) is 1.99. The van der Waals surface area contributed by atoms with Crippen LogP contribution in [0.4, 0.5) is 0 Å². The SMILES string of the molecule is C/C=C\N(C)/C=C\NC. The van der Waals surface area contributed by atoms with Crippen molar-refractivity contribution >= 4 is 0 Å². The maximum Gasteiger partial charge on any atom is 0.0188 e. The number of nitrogens with zero attached hydrogens (tertiary/aromatic N) is 1. The fourth-order valence-corrected chi connectivity index (χ4v) is 0.477. The van der Waals surface area contributed by atoms with Gasteiger partial charge in [0.05, 0.1) is 0 Å². The molecule has 0 unspecified atom stereocenters. The van der Waals surface area contributed by atoms with Crippen molar-refractivity contribution in [1.29, 1.82) is 0 Å². The number of hydrogen-bond acceptors (Lipinski definition) is 2. The summed E-state index contributed by atoms with van der Waals surface area (Å²) < 4.78 is 0. The molecule has 0 bridgehead atoms. The van der Waals surface area contributed by atoms with Gasteiger partial charge in [-0.2, -0.15) is 0 Å². The molecule has 52 valence electrons. The first-order chi connectivity index (χ1) is 4.31. The number of allylic oxidation sites excluding steroid dienone is 1. The molecule has 9 heavy (non-hydrogen) atoms. The lowest BCUT2D eigenvalue weighted by molar-refractivity contribution is 0.620. The highest BCUT2D eigenvalue weighted by Crippen LogP contribution is 1.82. The molecule has 0 radical (unpaired) electrons. The summed E-state index contributed by atoms with van der Waals surface area (Å²) in [5, 5.41) is 2.90. The molecule has 2 heteroatoms. The molecule has 0 saturated carbocycles. The first kappa shape index (κ1) is 8.08. The first-order valence-electron chi connectivity index (χ1n) is 3.00. The molecule has 2 nitrogen and oxygen atoms in total. The maximum absolute atomic E-state index is 2.90. The van der Waals surface area contributed by atoms with E-state index in [-0.39, 0.29) is 0 Å². The zero-order chi connectivity index (χ0) is 7.11. The van der Waals surface area contributed by atoms with Crippen LogP contribution >= 0.6 is 0 Å². The normalized spacial score (nSPS) is 11.0. The molecule has 0 rings (SSSR count). The van der Waals surface area contributed by atoms with Crippen molar-refractivity contribution in [3.05, 3.63) is 24.7 Å². The van der Waals surface area contributed by atoms with Gasteiger partial charge in [-0.1, -0.05) is 6.08 Å². The predicted molar refractivity (Wildman–Crippen MR) is 40.8 cm³/mol. The lowest BCUT2D eigenvalue weighted by Crippen LogP contribution is -2.02. The van der Waals surface area contributed by atoms with Gasteiger partial charge >= 0.3 is 0 Å². The Labute approximate surface area is 56.9 Å². The monoisotopic (exact) mass is 126 g/mol. The Morgan fingerprint density at radius 1 is 1.33 bits per heavy atom. The van der Waals surface area contributed by atoms with E-state index in [2.05, 4.69) is 5.32 Å². The summed E-state index contributed by atoms with van der Waals surface area (Å²) >= 11 is 0. The summed E-state index contributed by atoms with van der Waals surface area (Å²) in [5.74, 6) is 0. The molecular formula is C7H14N2. The van der Waals surface area contributed by atoms with E-state index in [4.69, 9.17) is 0 Å². The molecule has 0 heterocycles. The van der Waals surface area contributed by atoms with Crippen molar-refractivity contribution in [3.63, 3.8) is 0 Å². The summed E-state index contributed by atoms with van der Waals surface area (Å²) in [5.41, 5.74) is 0. The van der Waals surface area contributed by atoms with Gasteiger partial charge in [0.2, 0.25) is 0 Å². The van der Waals surface area contributed by atoms with Crippen molar-refractivity contribution < 1.29 is 0 Å². The molecule has 0 aromatic heterocycles. The Bertz CT molecular complexity index is 105. The molecule has 1 N–H and O–H groups in total. The molecule has 0 aliphatic carbocycles. The van der Waals surface area contributed by atoms with Crippen molar-refractivity contribution in [2.45, 2.75) is 6.92 Å². The Morgan fingerprint density at radius 3 is 2.44 bits per heavy atom. The van der Waals surface area contributed by atoms with Crippen LogP contribution < -0.4 is 5.32 Å². The van der Waals surface area contributed by atoms with Gasteiger partial charge in [0.1, 0.15) is 0 Å². The number of hydrogen-bond donors (Lipinski definition) is 1. The maximum atomic E-state index is 2.90. The zero-order valence-electron chi connectivity index (χ0n) is 6.26. The fraction of sp³-hybridized carbons (Fsp3) is 0.429. The van der Waals surface area contributed by atoms with Crippen LogP contribution in [0.2, 0.25) is 0 Å². The van der Waals surface area contributed by atoms with Crippen LogP contribution in [-0.4, -0.2) is 19.0 Å². The third-order valence-corrected chi connectivity index (χ3v) is 0.861. The summed E-state index contributed by atoms with van der Waals surface area (Å²) in [6, 6.07) is 0. The van der Waals surface area contributed by atoms with Crippen LogP contribution in [0, 0.1) is 0 Å². The third kappa shape index (κ3) is 4.94. The lowest BCUT2D eigenvalue weighted by Gasteiger charge is -2.04. The Kier molecular flexibility index (Phi) is 4.69. The average Bonchev–Trinajstić information content (AvgIpc) is 1.85. The van der Waals surface area contributed by atoms with Crippen LogP contribution in [0.3, 0.4) is 0 Å². The van der Waals surface area contributed by atoms with E-state index < -0.39 is 0 Å². The van der Waals surface area contributed by atoms with E-state index in [1.807, 2.05) is 50.6 Å². The van der Waals surface area contributed by atoms with Crippen LogP contribution in [0.1, 0.15) is 6.92 Å². The number of nitrogens with one attached hydrogen (secondary N) is 1. The van der Waals surface area contributed by atoms with Crippen molar-refractivity contribution in [3.8, 4) is 0 Å². The fourth-order valence-electron chi connectivity index (χ4n) is 0.477. The van der Waals surface area contributed by atoms with Gasteiger partial charge in [-0.15, -0.1) is 0 Å². The highest BCUT2D eigenvalue weighted by Gasteiger charge is 1.75. The molecule has 0 aliphatic rings. The molecule has 0 aromatic carbocycles. The summed E-state index contributed by atoms with van der Waals surface area (Å²) in [4.78, 5) is 1.97. The van der Waals surface area contributed by atoms with E-state index in [1.54, 1.807) is 0 Å². The van der Waals surface area contributed by atoms with Crippen LogP contribution in [0.5, 0.6) is 0 Å². The predicted octanol–water partition coefficient (Wildman–Crippen LogP) is 1.14. The van der Waals surface area contributed by atoms with E-state index in [1.165, 1.54) is 0 Å². The molecule has 0 aromatic rings. The standard InChI is InChI=1S/C7H14N2/c1-4-6-9(3)7-5-8-2/h4-8H,1-3H3/b6-4-,7-5-. The van der Waals surface area contributed by atoms with Crippen molar-refractivity contribution in [2.75, 3.05) is 14.1 Å². The van der Waals surface area contributed by atoms with Gasteiger partial charge in [-0.25, -0.2) is 0 Å². The van der Waals surface area contributed by atoms with Crippen LogP contribution in [0.15, 0.2) is 24.7 Å². The second-order valence-corrected chi connectivity index (χ2v) is 1.75. The van der Waals surface area contributed by atoms with Gasteiger partial charge in [-0.3, -0.25) is 0 Å². The zero-order valence-corrected chi connectivity index (χ0v) is 6.26. The van der Waals surface area contributed by atoms with E-state index in [0.717, 1.165) is 0 Å². The topological polar surface area (TPSA) is 15.3 Å². The van der Waals surface area contributed by atoms with Gasteiger partial charge < -0.3 is 10.2 Å². The van der Waals surface area contributed by atoms with Gasteiger partial charge in [-0.05, 0) is 13.1 Å². The molecule has 0 atom stereocenters. The van der Waals surface area contributed by atoms with Crippen LogP contribution in [-0.2, 0) is 0 Å². The highest BCUT2D eigenvalue weighted by molar-refractivity contribution is 4.86. The molecule has 0 spiro atoms. The summed E-state index contributed by atoms with van der Waals surface area (Å²) in [6.07, 6.45) is 7.79. The van der Waals surface area contributed by atoms with E-state index in [0.29, 0.717) is 0 Å². The van der Waals surface area contributed by atoms with Gasteiger partial charge in [0, 0.05) is 26.5 Å². The molecular weight excluding hydrogens is 112 g/mol. The van der Waals surface area contributed by atoms with Crippen molar-refractivity contribution in [2.24, 2.45) is 0 Å². The minimum atomic E-state index is 1.88. The molecule has 0 amide bonds. The molecule has 0 fully saturated rings.